The molecule has 0 spiro atoms. The standard InChI is InChI=1S/C16H25N5O5S/c1-11-8-13(19(2)18-11)15(22)17-12-9-14-16(23)21(4-6-26-3)27(24,25)7-5-20(14)10-12/h8,12,14H,4-7,9-10H2,1-3H3,(H,17,22)/t12-,14-/m0/s1. The van der Waals surface area contributed by atoms with Crippen molar-refractivity contribution in [2.75, 3.05) is 39.1 Å². The van der Waals surface area contributed by atoms with E-state index in [0.717, 1.165) is 10.00 Å². The maximum atomic E-state index is 12.8. The zero-order valence-corrected chi connectivity index (χ0v) is 16.5. The maximum Gasteiger partial charge on any atom is 0.269 e. The molecule has 0 bridgehead atoms. The van der Waals surface area contributed by atoms with E-state index in [0.29, 0.717) is 18.7 Å². The van der Waals surface area contributed by atoms with E-state index < -0.39 is 22.0 Å². The van der Waals surface area contributed by atoms with Crippen LogP contribution in [0.5, 0.6) is 0 Å². The zero-order chi connectivity index (χ0) is 19.8. The van der Waals surface area contributed by atoms with Crippen LogP contribution in [-0.4, -0.2) is 90.4 Å². The van der Waals surface area contributed by atoms with E-state index in [4.69, 9.17) is 4.74 Å². The summed E-state index contributed by atoms with van der Waals surface area (Å²) in [5.41, 5.74) is 1.20. The van der Waals surface area contributed by atoms with Gasteiger partial charge in [-0.2, -0.15) is 5.10 Å². The Morgan fingerprint density at radius 2 is 2.19 bits per heavy atom. The van der Waals surface area contributed by atoms with Gasteiger partial charge in [0.2, 0.25) is 10.0 Å². The van der Waals surface area contributed by atoms with Crippen LogP contribution in [0.1, 0.15) is 22.6 Å². The molecule has 0 aromatic carbocycles. The van der Waals surface area contributed by atoms with Gasteiger partial charge in [0, 0.05) is 33.3 Å². The number of methoxy groups -OCH3 is 1. The number of sulfonamides is 1. The smallest absolute Gasteiger partial charge is 0.269 e. The molecule has 2 saturated heterocycles. The number of rotatable bonds is 5. The molecule has 1 N–H and O–H groups in total. The molecule has 150 valence electrons. The average molecular weight is 399 g/mol. The number of carbonyl (C=O) groups is 2. The third kappa shape index (κ3) is 3.99. The van der Waals surface area contributed by atoms with Crippen molar-refractivity contribution in [3.8, 4) is 0 Å². The lowest BCUT2D eigenvalue weighted by Gasteiger charge is -2.23. The molecular weight excluding hydrogens is 374 g/mol. The fourth-order valence-electron chi connectivity index (χ4n) is 3.66. The van der Waals surface area contributed by atoms with Crippen LogP contribution in [0.3, 0.4) is 0 Å². The summed E-state index contributed by atoms with van der Waals surface area (Å²) < 4.78 is 32.1. The van der Waals surface area contributed by atoms with Gasteiger partial charge >= 0.3 is 0 Å². The van der Waals surface area contributed by atoms with E-state index in [-0.39, 0.29) is 37.4 Å². The Morgan fingerprint density at radius 1 is 1.44 bits per heavy atom. The first kappa shape index (κ1) is 19.8. The van der Waals surface area contributed by atoms with Crippen molar-refractivity contribution >= 4 is 21.8 Å². The molecule has 1 aromatic rings. The molecule has 2 amide bonds. The summed E-state index contributed by atoms with van der Waals surface area (Å²) in [6.07, 6.45) is 0.375. The summed E-state index contributed by atoms with van der Waals surface area (Å²) in [6, 6.07) is 0.914. The highest BCUT2D eigenvalue weighted by Crippen LogP contribution is 2.24. The summed E-state index contributed by atoms with van der Waals surface area (Å²) in [5.74, 6) is -0.824. The van der Waals surface area contributed by atoms with Crippen LogP contribution in [-0.2, 0) is 26.6 Å². The fourth-order valence-corrected chi connectivity index (χ4v) is 5.10. The van der Waals surface area contributed by atoms with Crippen molar-refractivity contribution in [2.45, 2.75) is 25.4 Å². The Morgan fingerprint density at radius 3 is 2.81 bits per heavy atom. The van der Waals surface area contributed by atoms with Gasteiger partial charge in [-0.05, 0) is 19.4 Å². The first-order valence-corrected chi connectivity index (χ1v) is 10.4. The third-order valence-corrected chi connectivity index (χ3v) is 6.71. The Hall–Kier alpha value is -1.98. The monoisotopic (exact) mass is 399 g/mol. The van der Waals surface area contributed by atoms with Gasteiger partial charge in [-0.25, -0.2) is 12.7 Å². The van der Waals surface area contributed by atoms with Crippen LogP contribution in [0.15, 0.2) is 6.07 Å². The summed E-state index contributed by atoms with van der Waals surface area (Å²) in [6.45, 7) is 2.67. The molecule has 0 aliphatic carbocycles. The second-order valence-corrected chi connectivity index (χ2v) is 8.94. The molecule has 0 saturated carbocycles. The van der Waals surface area contributed by atoms with Crippen LogP contribution in [0.2, 0.25) is 0 Å². The number of aromatic nitrogens is 2. The van der Waals surface area contributed by atoms with Gasteiger partial charge in [-0.15, -0.1) is 0 Å². The van der Waals surface area contributed by atoms with E-state index in [9.17, 15) is 18.0 Å². The van der Waals surface area contributed by atoms with Gasteiger partial charge in [0.05, 0.1) is 30.6 Å². The Kier molecular flexibility index (Phi) is 5.54. The molecule has 2 aliphatic heterocycles. The Labute approximate surface area is 158 Å². The Bertz CT molecular complexity index is 836. The molecule has 0 unspecified atom stereocenters. The van der Waals surface area contributed by atoms with E-state index in [2.05, 4.69) is 10.4 Å². The Balaban J connectivity index is 1.71. The summed E-state index contributed by atoms with van der Waals surface area (Å²) >= 11 is 0. The highest BCUT2D eigenvalue weighted by Gasteiger charge is 2.45. The van der Waals surface area contributed by atoms with Gasteiger partial charge in [0.15, 0.2) is 0 Å². The minimum absolute atomic E-state index is 0.00727. The van der Waals surface area contributed by atoms with Gasteiger partial charge < -0.3 is 10.1 Å². The lowest BCUT2D eigenvalue weighted by atomic mass is 10.1. The number of ether oxygens (including phenoxy) is 1. The predicted molar refractivity (Wildman–Crippen MR) is 96.6 cm³/mol. The van der Waals surface area contributed by atoms with E-state index in [1.807, 2.05) is 11.8 Å². The van der Waals surface area contributed by atoms with Crippen molar-refractivity contribution in [1.82, 2.24) is 24.3 Å². The number of nitrogens with zero attached hydrogens (tertiary/aromatic N) is 4. The maximum absolute atomic E-state index is 12.8. The fraction of sp³-hybridized carbons (Fsp3) is 0.688. The number of aryl methyl sites for hydroxylation is 2. The molecule has 2 atom stereocenters. The summed E-state index contributed by atoms with van der Waals surface area (Å²) in [4.78, 5) is 27.2. The van der Waals surface area contributed by atoms with E-state index in [1.165, 1.54) is 11.8 Å². The zero-order valence-electron chi connectivity index (χ0n) is 15.7. The quantitative estimate of drug-likeness (QED) is 0.656. The van der Waals surface area contributed by atoms with Crippen LogP contribution < -0.4 is 5.32 Å². The lowest BCUT2D eigenvalue weighted by Crippen LogP contribution is -2.45. The average Bonchev–Trinajstić information content (AvgIpc) is 3.13. The number of hydrogen-bond acceptors (Lipinski definition) is 7. The first-order valence-electron chi connectivity index (χ1n) is 8.81. The van der Waals surface area contributed by atoms with Gasteiger partial charge in [0.1, 0.15) is 5.69 Å². The van der Waals surface area contributed by atoms with Crippen LogP contribution in [0, 0.1) is 6.92 Å². The van der Waals surface area contributed by atoms with Crippen molar-refractivity contribution < 1.29 is 22.7 Å². The number of amides is 2. The van der Waals surface area contributed by atoms with Gasteiger partial charge in [-0.1, -0.05) is 0 Å². The molecule has 27 heavy (non-hydrogen) atoms. The largest absolute Gasteiger partial charge is 0.383 e. The number of hydrogen-bond donors (Lipinski definition) is 1. The normalized spacial score (nSPS) is 25.3. The molecular formula is C16H25N5O5S. The lowest BCUT2D eigenvalue weighted by molar-refractivity contribution is -0.131. The molecule has 2 aliphatic rings. The van der Waals surface area contributed by atoms with Crippen molar-refractivity contribution in [2.24, 2.45) is 7.05 Å². The topological polar surface area (TPSA) is 114 Å². The summed E-state index contributed by atoms with van der Waals surface area (Å²) in [5, 5.41) is 7.10. The molecule has 11 heteroatoms. The van der Waals surface area contributed by atoms with Gasteiger partial charge in [-0.3, -0.25) is 19.2 Å². The van der Waals surface area contributed by atoms with Gasteiger partial charge in [0.25, 0.3) is 11.8 Å². The molecule has 3 rings (SSSR count). The second kappa shape index (κ2) is 7.56. The van der Waals surface area contributed by atoms with Crippen molar-refractivity contribution in [3.63, 3.8) is 0 Å². The predicted octanol–water partition coefficient (Wildman–Crippen LogP) is -1.28. The second-order valence-electron chi connectivity index (χ2n) is 6.93. The minimum atomic E-state index is -3.65. The molecule has 1 aromatic heterocycles. The number of carbonyl (C=O) groups excluding carboxylic acids is 2. The summed E-state index contributed by atoms with van der Waals surface area (Å²) in [7, 11) is -0.485. The molecule has 3 heterocycles. The van der Waals surface area contributed by atoms with Crippen LogP contribution >= 0.6 is 0 Å². The van der Waals surface area contributed by atoms with E-state index in [1.54, 1.807) is 13.1 Å². The number of fused-ring (bicyclic) bond motifs is 1. The van der Waals surface area contributed by atoms with E-state index >= 15 is 0 Å². The van der Waals surface area contributed by atoms with Crippen LogP contribution in [0.4, 0.5) is 0 Å². The van der Waals surface area contributed by atoms with Crippen LogP contribution in [0.25, 0.3) is 0 Å². The highest BCUT2D eigenvalue weighted by atomic mass is 32.2. The van der Waals surface area contributed by atoms with Crippen molar-refractivity contribution in [1.29, 1.82) is 0 Å². The number of nitrogens with one attached hydrogen (secondary N) is 1. The first-order chi connectivity index (χ1) is 12.7. The SMILES string of the molecule is COCCN1C(=O)[C@@H]2C[C@H](NC(=O)c3cc(C)nn3C)CN2CCS1(=O)=O. The molecule has 10 nitrogen and oxygen atoms in total. The minimum Gasteiger partial charge on any atom is -0.383 e. The molecule has 2 fully saturated rings. The van der Waals surface area contributed by atoms with Crippen molar-refractivity contribution in [3.05, 3.63) is 17.5 Å². The third-order valence-electron chi connectivity index (χ3n) is 4.97. The molecule has 0 radical (unpaired) electrons. The highest BCUT2D eigenvalue weighted by molar-refractivity contribution is 7.89.